The molecule has 0 saturated heterocycles. The van der Waals surface area contributed by atoms with Crippen LogP contribution in [0.2, 0.25) is 0 Å². The molecule has 4 nitrogen and oxygen atoms in total. The molecule has 1 aromatic rings. The van der Waals surface area contributed by atoms with E-state index >= 15 is 0 Å². The molecular formula is C18H30NNaO3. The normalized spacial score (nSPS) is 11.6. The molecule has 1 atom stereocenters. The Morgan fingerprint density at radius 1 is 1.13 bits per heavy atom. The number of unbranched alkanes of at least 4 members (excludes halogenated alkanes) is 6. The molecule has 1 aromatic carbocycles. The van der Waals surface area contributed by atoms with Crippen molar-refractivity contribution in [1.29, 1.82) is 0 Å². The number of phenols is 1. The number of ether oxygens (including phenoxy) is 1. The van der Waals surface area contributed by atoms with E-state index in [9.17, 15) is 9.90 Å². The van der Waals surface area contributed by atoms with E-state index in [1.54, 1.807) is 31.3 Å². The quantitative estimate of drug-likeness (QED) is 0.362. The number of likely N-dealkylation sites (N-methyl/N-ethyl adjacent to an activating group) is 1. The Hall–Kier alpha value is -0.550. The number of nitrogens with one attached hydrogen (secondary N) is 1. The number of carbonyl (C=O) groups excluding carboxylic acids is 1. The smallest absolute Gasteiger partial charge is 1.00 e. The molecule has 0 aliphatic rings. The molecule has 0 amide bonds. The van der Waals surface area contributed by atoms with Crippen molar-refractivity contribution in [3.05, 3.63) is 29.8 Å². The van der Waals surface area contributed by atoms with E-state index in [0.29, 0.717) is 6.61 Å². The van der Waals surface area contributed by atoms with Gasteiger partial charge in [-0.2, -0.15) is 0 Å². The molecule has 0 radical (unpaired) electrons. The van der Waals surface area contributed by atoms with Crippen LogP contribution >= 0.6 is 0 Å². The number of benzene rings is 1. The maximum Gasteiger partial charge on any atom is 1.00 e. The summed E-state index contributed by atoms with van der Waals surface area (Å²) in [5, 5.41) is 12.2. The van der Waals surface area contributed by atoms with Gasteiger partial charge in [-0.25, -0.2) is 4.79 Å². The predicted octanol–water partition coefficient (Wildman–Crippen LogP) is 1.06. The molecule has 5 heteroatoms. The van der Waals surface area contributed by atoms with Crippen LogP contribution in [0.15, 0.2) is 24.3 Å². The van der Waals surface area contributed by atoms with Crippen LogP contribution in [-0.4, -0.2) is 24.7 Å². The summed E-state index contributed by atoms with van der Waals surface area (Å²) in [5.74, 6) is -0.0748. The standard InChI is InChI=1S/C18H29NO3.Na.H/c1-3-4-5-6-7-8-9-14-22-18(21)17(19-2)15-10-12-16(20)13-11-15;;/h10-13,17,19-20H,3-9,14H2,1-2H3;;/q;+1;-1. The van der Waals surface area contributed by atoms with Crippen LogP contribution in [0.4, 0.5) is 0 Å². The van der Waals surface area contributed by atoms with Crippen molar-refractivity contribution in [3.63, 3.8) is 0 Å². The van der Waals surface area contributed by atoms with Gasteiger partial charge in [0, 0.05) is 0 Å². The average Bonchev–Trinajstić information content (AvgIpc) is 2.52. The Balaban J connectivity index is 0. The first-order valence-electron chi connectivity index (χ1n) is 8.32. The van der Waals surface area contributed by atoms with E-state index in [-0.39, 0.29) is 42.7 Å². The van der Waals surface area contributed by atoms with Gasteiger partial charge in [0.25, 0.3) is 0 Å². The molecule has 2 N–H and O–H groups in total. The number of esters is 1. The number of phenolic OH excluding ortho intramolecular Hbond substituents is 1. The monoisotopic (exact) mass is 331 g/mol. The van der Waals surface area contributed by atoms with Gasteiger partial charge in [-0.15, -0.1) is 0 Å². The van der Waals surface area contributed by atoms with E-state index in [1.165, 1.54) is 32.1 Å². The zero-order valence-corrected chi connectivity index (χ0v) is 16.8. The van der Waals surface area contributed by atoms with Gasteiger partial charge in [-0.1, -0.05) is 57.6 Å². The van der Waals surface area contributed by atoms with Gasteiger partial charge in [0.1, 0.15) is 11.8 Å². The Bertz CT molecular complexity index is 429. The maximum absolute atomic E-state index is 12.1. The number of hydrogen-bond donors (Lipinski definition) is 2. The SMILES string of the molecule is CCCCCCCCCOC(=O)C(NC)c1ccc(O)cc1.[H-].[Na+]. The maximum atomic E-state index is 12.1. The minimum atomic E-state index is -0.481. The van der Waals surface area contributed by atoms with Gasteiger partial charge in [0.2, 0.25) is 0 Å². The summed E-state index contributed by atoms with van der Waals surface area (Å²) in [7, 11) is 1.73. The molecule has 126 valence electrons. The van der Waals surface area contributed by atoms with Gasteiger partial charge >= 0.3 is 35.5 Å². The molecule has 0 fully saturated rings. The molecule has 1 unspecified atom stereocenters. The topological polar surface area (TPSA) is 58.6 Å². The molecule has 0 heterocycles. The molecule has 1 rings (SSSR count). The summed E-state index contributed by atoms with van der Waals surface area (Å²) in [6, 6.07) is 6.12. The molecule has 0 saturated carbocycles. The minimum Gasteiger partial charge on any atom is -1.00 e. The number of aromatic hydroxyl groups is 1. The number of hydrogen-bond acceptors (Lipinski definition) is 4. The van der Waals surface area contributed by atoms with Crippen LogP contribution in [0.25, 0.3) is 0 Å². The fraction of sp³-hybridized carbons (Fsp3) is 0.611. The summed E-state index contributed by atoms with van der Waals surface area (Å²) >= 11 is 0. The van der Waals surface area contributed by atoms with Crippen LogP contribution < -0.4 is 34.9 Å². The van der Waals surface area contributed by atoms with Crippen molar-refractivity contribution < 1.29 is 45.6 Å². The van der Waals surface area contributed by atoms with E-state index in [0.717, 1.165) is 18.4 Å². The van der Waals surface area contributed by atoms with Crippen LogP contribution in [-0.2, 0) is 9.53 Å². The number of carbonyl (C=O) groups is 1. The van der Waals surface area contributed by atoms with E-state index in [4.69, 9.17) is 4.74 Å². The molecule has 0 aliphatic carbocycles. The zero-order valence-electron chi connectivity index (χ0n) is 15.8. The molecule has 0 aromatic heterocycles. The second kappa shape index (κ2) is 13.8. The van der Waals surface area contributed by atoms with Gasteiger partial charge in [-0.3, -0.25) is 0 Å². The Morgan fingerprint density at radius 2 is 1.70 bits per heavy atom. The van der Waals surface area contributed by atoms with Crippen molar-refractivity contribution >= 4 is 5.97 Å². The largest absolute Gasteiger partial charge is 1.00 e. The second-order valence-corrected chi connectivity index (χ2v) is 5.60. The predicted molar refractivity (Wildman–Crippen MR) is 90.0 cm³/mol. The third-order valence-corrected chi connectivity index (χ3v) is 3.74. The Morgan fingerprint density at radius 3 is 2.26 bits per heavy atom. The molecule has 23 heavy (non-hydrogen) atoms. The second-order valence-electron chi connectivity index (χ2n) is 5.60. The van der Waals surface area contributed by atoms with Crippen molar-refractivity contribution in [1.82, 2.24) is 5.32 Å². The molecule has 0 bridgehead atoms. The van der Waals surface area contributed by atoms with Crippen molar-refractivity contribution in [2.75, 3.05) is 13.7 Å². The fourth-order valence-corrected chi connectivity index (χ4v) is 2.40. The van der Waals surface area contributed by atoms with Gasteiger partial charge in [0.05, 0.1) is 6.61 Å². The zero-order chi connectivity index (χ0) is 16.2. The van der Waals surface area contributed by atoms with E-state index in [2.05, 4.69) is 12.2 Å². The van der Waals surface area contributed by atoms with Gasteiger partial charge in [0.15, 0.2) is 0 Å². The van der Waals surface area contributed by atoms with Crippen LogP contribution in [0, 0.1) is 0 Å². The summed E-state index contributed by atoms with van der Waals surface area (Å²) in [5.41, 5.74) is 0.796. The first kappa shape index (κ1) is 22.4. The van der Waals surface area contributed by atoms with Crippen LogP contribution in [0.5, 0.6) is 5.75 Å². The average molecular weight is 331 g/mol. The molecule has 0 aliphatic heterocycles. The Labute approximate surface area is 163 Å². The van der Waals surface area contributed by atoms with Crippen molar-refractivity contribution in [2.24, 2.45) is 0 Å². The van der Waals surface area contributed by atoms with Crippen LogP contribution in [0.3, 0.4) is 0 Å². The third-order valence-electron chi connectivity index (χ3n) is 3.74. The summed E-state index contributed by atoms with van der Waals surface area (Å²) in [6.07, 6.45) is 8.40. The van der Waals surface area contributed by atoms with Crippen molar-refractivity contribution in [2.45, 2.75) is 57.9 Å². The summed E-state index contributed by atoms with van der Waals surface area (Å²) in [4.78, 5) is 12.1. The first-order valence-corrected chi connectivity index (χ1v) is 8.32. The first-order chi connectivity index (χ1) is 10.7. The van der Waals surface area contributed by atoms with Crippen molar-refractivity contribution in [3.8, 4) is 5.75 Å². The van der Waals surface area contributed by atoms with E-state index in [1.807, 2.05) is 0 Å². The van der Waals surface area contributed by atoms with Gasteiger partial charge < -0.3 is 16.6 Å². The van der Waals surface area contributed by atoms with Gasteiger partial charge in [-0.05, 0) is 31.2 Å². The third kappa shape index (κ3) is 9.36. The van der Waals surface area contributed by atoms with Crippen LogP contribution in [0.1, 0.15) is 64.9 Å². The molecular weight excluding hydrogens is 301 g/mol. The minimum absolute atomic E-state index is 0. The number of rotatable bonds is 11. The Kier molecular flexibility index (Phi) is 13.5. The fourth-order valence-electron chi connectivity index (χ4n) is 2.40. The van der Waals surface area contributed by atoms with E-state index < -0.39 is 6.04 Å². The summed E-state index contributed by atoms with van der Waals surface area (Å²) < 4.78 is 5.34. The summed E-state index contributed by atoms with van der Waals surface area (Å²) in [6.45, 7) is 2.69. The molecule has 0 spiro atoms.